The van der Waals surface area contributed by atoms with E-state index in [-0.39, 0.29) is 0 Å². The molecule has 0 aliphatic carbocycles. The quantitative estimate of drug-likeness (QED) is 0.613. The molecule has 0 radical (unpaired) electrons. The van der Waals surface area contributed by atoms with Crippen molar-refractivity contribution in [1.82, 2.24) is 0 Å². The summed E-state index contributed by atoms with van der Waals surface area (Å²) in [4.78, 5) is 0. The maximum atomic E-state index is 6.18. The lowest BCUT2D eigenvalue weighted by molar-refractivity contribution is 0.577. The van der Waals surface area contributed by atoms with E-state index in [1.165, 1.54) is 5.57 Å². The Labute approximate surface area is 90.2 Å². The lowest BCUT2D eigenvalue weighted by Crippen LogP contribution is -2.47. The molecule has 5 N–H and O–H groups in total. The zero-order valence-corrected chi connectivity index (χ0v) is 9.17. The molecule has 0 aromatic heterocycles. The summed E-state index contributed by atoms with van der Waals surface area (Å²) in [6, 6.07) is 5.85. The summed E-state index contributed by atoms with van der Waals surface area (Å²) in [5.74, 6) is 0. The number of nitrogen functional groups attached to an aromatic ring is 1. The van der Waals surface area contributed by atoms with E-state index in [4.69, 9.17) is 11.5 Å². The highest BCUT2D eigenvalue weighted by Crippen LogP contribution is 2.33. The summed E-state index contributed by atoms with van der Waals surface area (Å²) < 4.78 is 0. The lowest BCUT2D eigenvalue weighted by Gasteiger charge is -2.33. The van der Waals surface area contributed by atoms with E-state index in [1.54, 1.807) is 0 Å². The predicted octanol–water partition coefficient (Wildman–Crippen LogP) is 2.16. The van der Waals surface area contributed by atoms with E-state index < -0.39 is 5.66 Å². The van der Waals surface area contributed by atoms with Gasteiger partial charge < -0.3 is 16.8 Å². The van der Waals surface area contributed by atoms with Crippen LogP contribution in [-0.2, 0) is 0 Å². The minimum Gasteiger partial charge on any atom is -0.399 e. The fraction of sp³-hybridized carbons (Fsp3) is 0.333. The topological polar surface area (TPSA) is 64.1 Å². The first-order valence-corrected chi connectivity index (χ1v) is 5.20. The van der Waals surface area contributed by atoms with Gasteiger partial charge in [0, 0.05) is 16.9 Å². The second-order valence-electron chi connectivity index (χ2n) is 4.15. The highest BCUT2D eigenvalue weighted by atomic mass is 15.1. The van der Waals surface area contributed by atoms with Gasteiger partial charge in [0.05, 0.1) is 0 Å². The third-order valence-corrected chi connectivity index (χ3v) is 2.89. The first-order valence-electron chi connectivity index (χ1n) is 5.20. The van der Waals surface area contributed by atoms with E-state index in [1.807, 2.05) is 18.2 Å². The molecule has 1 heterocycles. The molecule has 1 aromatic carbocycles. The third-order valence-electron chi connectivity index (χ3n) is 2.89. The molecule has 0 spiro atoms. The molecular formula is C12H17N3. The number of anilines is 2. The molecule has 3 nitrogen and oxygen atoms in total. The van der Waals surface area contributed by atoms with Crippen molar-refractivity contribution in [2.75, 3.05) is 11.1 Å². The largest absolute Gasteiger partial charge is 0.399 e. The average molecular weight is 203 g/mol. The Kier molecular flexibility index (Phi) is 2.20. The Morgan fingerprint density at radius 3 is 2.80 bits per heavy atom. The van der Waals surface area contributed by atoms with Gasteiger partial charge in [0.1, 0.15) is 5.66 Å². The van der Waals surface area contributed by atoms with Gasteiger partial charge in [-0.1, -0.05) is 6.92 Å². The Bertz CT molecular complexity index is 423. The molecular weight excluding hydrogens is 186 g/mol. The molecule has 0 saturated carbocycles. The summed E-state index contributed by atoms with van der Waals surface area (Å²) in [6.45, 7) is 4.13. The van der Waals surface area contributed by atoms with Crippen molar-refractivity contribution in [3.05, 3.63) is 29.8 Å². The first kappa shape index (κ1) is 10.1. The summed E-state index contributed by atoms with van der Waals surface area (Å²) in [7, 11) is 0. The van der Waals surface area contributed by atoms with Crippen molar-refractivity contribution in [3.8, 4) is 0 Å². The zero-order valence-electron chi connectivity index (χ0n) is 9.17. The van der Waals surface area contributed by atoms with Crippen molar-refractivity contribution >= 4 is 16.9 Å². The van der Waals surface area contributed by atoms with Crippen LogP contribution in [0.25, 0.3) is 5.57 Å². The molecule has 1 unspecified atom stereocenters. The molecule has 1 aliphatic rings. The summed E-state index contributed by atoms with van der Waals surface area (Å²) in [5.41, 5.74) is 15.7. The second-order valence-corrected chi connectivity index (χ2v) is 4.15. The Balaban J connectivity index is 2.51. The Hall–Kier alpha value is -1.48. The number of hydrogen-bond acceptors (Lipinski definition) is 3. The van der Waals surface area contributed by atoms with Crippen molar-refractivity contribution in [2.45, 2.75) is 25.9 Å². The molecule has 15 heavy (non-hydrogen) atoms. The normalized spacial score (nSPS) is 24.1. The van der Waals surface area contributed by atoms with Crippen molar-refractivity contribution in [3.63, 3.8) is 0 Å². The van der Waals surface area contributed by atoms with Crippen LogP contribution in [0.4, 0.5) is 11.4 Å². The van der Waals surface area contributed by atoms with Crippen LogP contribution in [0.2, 0.25) is 0 Å². The van der Waals surface area contributed by atoms with E-state index in [0.29, 0.717) is 0 Å². The fourth-order valence-electron chi connectivity index (χ4n) is 1.94. The molecule has 1 aromatic rings. The molecule has 2 rings (SSSR count). The van der Waals surface area contributed by atoms with Crippen molar-refractivity contribution in [2.24, 2.45) is 5.73 Å². The average Bonchev–Trinajstić information content (AvgIpc) is 2.20. The van der Waals surface area contributed by atoms with E-state index in [9.17, 15) is 0 Å². The summed E-state index contributed by atoms with van der Waals surface area (Å²) in [6.07, 6.45) is 2.92. The van der Waals surface area contributed by atoms with Gasteiger partial charge >= 0.3 is 0 Å². The predicted molar refractivity (Wildman–Crippen MR) is 65.3 cm³/mol. The smallest absolute Gasteiger partial charge is 0.105 e. The molecule has 0 amide bonds. The van der Waals surface area contributed by atoms with E-state index in [2.05, 4.69) is 25.2 Å². The van der Waals surface area contributed by atoms with Crippen molar-refractivity contribution in [1.29, 1.82) is 0 Å². The van der Waals surface area contributed by atoms with Crippen molar-refractivity contribution < 1.29 is 0 Å². The number of rotatable bonds is 1. The van der Waals surface area contributed by atoms with Gasteiger partial charge in [-0.25, -0.2) is 0 Å². The first-order chi connectivity index (χ1) is 7.04. The van der Waals surface area contributed by atoms with Crippen LogP contribution in [0.15, 0.2) is 24.3 Å². The van der Waals surface area contributed by atoms with Gasteiger partial charge in [0.2, 0.25) is 0 Å². The van der Waals surface area contributed by atoms with Crippen LogP contribution in [-0.4, -0.2) is 5.66 Å². The van der Waals surface area contributed by atoms with E-state index in [0.717, 1.165) is 23.4 Å². The molecule has 3 heteroatoms. The van der Waals surface area contributed by atoms with Crippen LogP contribution in [0, 0.1) is 0 Å². The van der Waals surface area contributed by atoms with Crippen LogP contribution in [0.3, 0.4) is 0 Å². The summed E-state index contributed by atoms with van der Waals surface area (Å²) >= 11 is 0. The van der Waals surface area contributed by atoms with Gasteiger partial charge in [-0.05, 0) is 43.2 Å². The highest BCUT2D eigenvalue weighted by Gasteiger charge is 2.25. The highest BCUT2D eigenvalue weighted by molar-refractivity contribution is 5.81. The molecule has 1 aliphatic heterocycles. The van der Waals surface area contributed by atoms with Gasteiger partial charge in [0.15, 0.2) is 0 Å². The molecule has 0 fully saturated rings. The van der Waals surface area contributed by atoms with E-state index >= 15 is 0 Å². The number of fused-ring (bicyclic) bond motifs is 1. The third kappa shape index (κ3) is 1.70. The van der Waals surface area contributed by atoms with Crippen LogP contribution in [0.1, 0.15) is 25.8 Å². The second kappa shape index (κ2) is 3.28. The van der Waals surface area contributed by atoms with Crippen LogP contribution >= 0.6 is 0 Å². The van der Waals surface area contributed by atoms with Crippen LogP contribution in [0.5, 0.6) is 0 Å². The monoisotopic (exact) mass is 203 g/mol. The molecule has 0 bridgehead atoms. The lowest BCUT2D eigenvalue weighted by atomic mass is 9.93. The fourth-order valence-corrected chi connectivity index (χ4v) is 1.94. The van der Waals surface area contributed by atoms with Crippen LogP contribution < -0.4 is 16.8 Å². The standard InChI is InChI=1S/C12H17N3/c1-3-12(14)7-8(2)10-6-9(13)4-5-11(10)15-12/h4-7,15H,3,13-14H2,1-2H3. The zero-order chi connectivity index (χ0) is 11.1. The number of benzene rings is 1. The number of allylic oxidation sites excluding steroid dienone is 1. The number of nitrogens with two attached hydrogens (primary N) is 2. The van der Waals surface area contributed by atoms with Gasteiger partial charge in [0.25, 0.3) is 0 Å². The minimum absolute atomic E-state index is 0.423. The maximum absolute atomic E-state index is 6.18. The maximum Gasteiger partial charge on any atom is 0.105 e. The number of nitrogens with one attached hydrogen (secondary N) is 1. The van der Waals surface area contributed by atoms with Gasteiger partial charge in [-0.3, -0.25) is 0 Å². The number of hydrogen-bond donors (Lipinski definition) is 3. The molecule has 0 saturated heterocycles. The Morgan fingerprint density at radius 1 is 1.40 bits per heavy atom. The van der Waals surface area contributed by atoms with Gasteiger partial charge in [-0.2, -0.15) is 0 Å². The van der Waals surface area contributed by atoms with Gasteiger partial charge in [-0.15, -0.1) is 0 Å². The molecule has 1 atom stereocenters. The molecule has 80 valence electrons. The SMILES string of the molecule is CCC1(N)C=C(C)c2cc(N)ccc2N1. The summed E-state index contributed by atoms with van der Waals surface area (Å²) in [5, 5.41) is 3.33. The minimum atomic E-state index is -0.423. The Morgan fingerprint density at radius 2 is 2.13 bits per heavy atom.